The van der Waals surface area contributed by atoms with Gasteiger partial charge in [-0.25, -0.2) is 9.59 Å². The predicted molar refractivity (Wildman–Crippen MR) is 185 cm³/mol. The summed E-state index contributed by atoms with van der Waals surface area (Å²) in [6, 6.07) is 28.8. The van der Waals surface area contributed by atoms with Gasteiger partial charge in [0.2, 0.25) is 0 Å². The van der Waals surface area contributed by atoms with Crippen LogP contribution in [0.2, 0.25) is 0 Å². The first kappa shape index (κ1) is 37.7. The van der Waals surface area contributed by atoms with Gasteiger partial charge in [0.15, 0.2) is 35.2 Å². The number of aryl methyl sites for hydroxylation is 2. The highest BCUT2D eigenvalue weighted by atomic mass is 16.7. The van der Waals surface area contributed by atoms with Gasteiger partial charge in [-0.15, -0.1) is 11.0 Å². The summed E-state index contributed by atoms with van der Waals surface area (Å²) in [5.74, 6) is -0.118. The van der Waals surface area contributed by atoms with Gasteiger partial charge in [-0.2, -0.15) is 0 Å². The second-order valence-corrected chi connectivity index (χ2v) is 11.4. The Kier molecular flexibility index (Phi) is 14.4. The zero-order valence-corrected chi connectivity index (χ0v) is 28.5. The molecule has 0 fully saturated rings. The lowest BCUT2D eigenvalue weighted by Crippen LogP contribution is -2.45. The Labute approximate surface area is 291 Å². The smallest absolute Gasteiger partial charge is 0.357 e. The molecule has 0 aromatic heterocycles. The Balaban J connectivity index is 1.34. The molecule has 12 heteroatoms. The second kappa shape index (κ2) is 19.2. The average Bonchev–Trinajstić information content (AvgIpc) is 3.17. The fraction of sp³-hybridized carbons (Fsp3) is 0.316. The fourth-order valence-electron chi connectivity index (χ4n) is 5.29. The number of hydrogen-bond acceptors (Lipinski definition) is 12. The first-order valence-electron chi connectivity index (χ1n) is 16.1. The van der Waals surface area contributed by atoms with Crippen molar-refractivity contribution < 1.29 is 48.4 Å². The summed E-state index contributed by atoms with van der Waals surface area (Å²) >= 11 is 0. The van der Waals surface area contributed by atoms with Crippen molar-refractivity contribution in [2.24, 2.45) is 0 Å². The highest BCUT2D eigenvalue weighted by Gasteiger charge is 2.34. The Hall–Kier alpha value is -5.14. The van der Waals surface area contributed by atoms with Gasteiger partial charge in [0.25, 0.3) is 0 Å². The molecule has 0 amide bonds. The van der Waals surface area contributed by atoms with Crippen LogP contribution in [-0.4, -0.2) is 62.8 Å². The van der Waals surface area contributed by atoms with Crippen LogP contribution in [0.4, 0.5) is 0 Å². The first-order chi connectivity index (χ1) is 24.3. The first-order valence-corrected chi connectivity index (χ1v) is 16.1. The van der Waals surface area contributed by atoms with Crippen molar-refractivity contribution in [3.8, 4) is 23.0 Å². The van der Waals surface area contributed by atoms with E-state index in [1.807, 2.05) is 97.1 Å². The number of carbonyl (C=O) groups excluding carboxylic acids is 2. The molecule has 4 rings (SSSR count). The van der Waals surface area contributed by atoms with Crippen LogP contribution in [0.3, 0.4) is 0 Å². The number of methoxy groups -OCH3 is 4. The molecule has 0 heterocycles. The molecule has 4 aromatic carbocycles. The van der Waals surface area contributed by atoms with E-state index in [2.05, 4.69) is 11.0 Å². The number of ether oxygens (including phenoxy) is 4. The number of carbonyl (C=O) groups is 2. The highest BCUT2D eigenvalue weighted by Crippen LogP contribution is 2.30. The summed E-state index contributed by atoms with van der Waals surface area (Å²) in [4.78, 5) is 36.0. The van der Waals surface area contributed by atoms with Gasteiger partial charge in [-0.3, -0.25) is 0 Å². The maximum atomic E-state index is 12.8. The van der Waals surface area contributed by atoms with Crippen LogP contribution in [0.5, 0.6) is 23.0 Å². The van der Waals surface area contributed by atoms with Crippen LogP contribution in [0.25, 0.3) is 0 Å². The molecule has 0 aliphatic heterocycles. The van der Waals surface area contributed by atoms with Crippen molar-refractivity contribution in [2.75, 3.05) is 28.4 Å². The van der Waals surface area contributed by atoms with Crippen LogP contribution < -0.4 is 29.9 Å². The topological polar surface area (TPSA) is 154 Å². The van der Waals surface area contributed by atoms with Crippen LogP contribution in [0.15, 0.2) is 97.1 Å². The Morgan fingerprint density at radius 1 is 0.540 bits per heavy atom. The molecule has 0 spiro atoms. The molecule has 0 aliphatic carbocycles. The number of hydroxylamine groups is 2. The van der Waals surface area contributed by atoms with Crippen molar-refractivity contribution in [3.63, 3.8) is 0 Å². The maximum Gasteiger partial charge on any atom is 0.357 e. The molecule has 12 nitrogen and oxygen atoms in total. The van der Waals surface area contributed by atoms with Gasteiger partial charge >= 0.3 is 11.9 Å². The van der Waals surface area contributed by atoms with Gasteiger partial charge in [-0.05, 0) is 72.2 Å². The predicted octanol–water partition coefficient (Wildman–Crippen LogP) is 4.59. The number of hydrogen-bond donors (Lipinski definition) is 4. The summed E-state index contributed by atoms with van der Waals surface area (Å²) < 4.78 is 21.4. The van der Waals surface area contributed by atoms with Crippen molar-refractivity contribution in [3.05, 3.63) is 119 Å². The summed E-state index contributed by atoms with van der Waals surface area (Å²) in [5, 5.41) is 21.1. The zero-order valence-electron chi connectivity index (χ0n) is 28.5. The number of benzene rings is 4. The number of nitrogens with one attached hydrogen (secondary N) is 2. The molecular weight excluding hydrogens is 644 g/mol. The van der Waals surface area contributed by atoms with Gasteiger partial charge < -0.3 is 38.8 Å². The zero-order chi connectivity index (χ0) is 35.9. The van der Waals surface area contributed by atoms with E-state index in [9.17, 15) is 19.8 Å². The molecule has 4 atom stereocenters. The van der Waals surface area contributed by atoms with E-state index >= 15 is 0 Å². The Morgan fingerprint density at radius 3 is 1.24 bits per heavy atom. The van der Waals surface area contributed by atoms with E-state index in [1.54, 1.807) is 28.4 Å². The molecule has 4 aromatic rings. The number of rotatable bonds is 19. The minimum Gasteiger partial charge on any atom is -0.493 e. The van der Waals surface area contributed by atoms with E-state index < -0.39 is 36.2 Å². The standard InChI is InChI=1S/C38H44N2O10/c1-45-31-21-17-25(23-33(31)47-3)15-19-29(27-11-7-5-8-12-27)39-49-37(43)35(41)36(42)38(44)50-40-30(28-13-9-6-10-14-28)20-16-26-18-22-32(46-2)34(24-26)48-4/h5-14,17-18,21-24,29-30,35-36,39-42H,15-16,19-20H2,1-4H3. The van der Waals surface area contributed by atoms with Crippen molar-refractivity contribution in [1.82, 2.24) is 11.0 Å². The van der Waals surface area contributed by atoms with Crippen LogP contribution in [-0.2, 0) is 32.1 Å². The summed E-state index contributed by atoms with van der Waals surface area (Å²) in [7, 11) is 6.25. The molecule has 4 unspecified atom stereocenters. The summed E-state index contributed by atoms with van der Waals surface area (Å²) in [6.45, 7) is 0. The largest absolute Gasteiger partial charge is 0.493 e. The lowest BCUT2D eigenvalue weighted by molar-refractivity contribution is -0.183. The Bertz CT molecular complexity index is 1530. The van der Waals surface area contributed by atoms with Gasteiger partial charge in [0.1, 0.15) is 0 Å². The SMILES string of the molecule is COc1ccc(CCC(NOC(=O)C(O)C(O)C(=O)ONC(CCc2ccc(OC)c(OC)c2)c2ccccc2)c2ccccc2)cc1OC. The fourth-order valence-corrected chi connectivity index (χ4v) is 5.29. The third kappa shape index (κ3) is 10.4. The van der Waals surface area contributed by atoms with E-state index in [1.165, 1.54) is 0 Å². The van der Waals surface area contributed by atoms with Crippen molar-refractivity contribution in [2.45, 2.75) is 50.0 Å². The van der Waals surface area contributed by atoms with Crippen LogP contribution >= 0.6 is 0 Å². The summed E-state index contributed by atoms with van der Waals surface area (Å²) in [5.41, 5.74) is 8.93. The molecule has 0 radical (unpaired) electrons. The molecule has 4 N–H and O–H groups in total. The summed E-state index contributed by atoms with van der Waals surface area (Å²) in [6.07, 6.45) is -2.32. The molecule has 50 heavy (non-hydrogen) atoms. The van der Waals surface area contributed by atoms with E-state index in [0.29, 0.717) is 48.7 Å². The minimum absolute atomic E-state index is 0.483. The van der Waals surface area contributed by atoms with Gasteiger partial charge in [-0.1, -0.05) is 72.8 Å². The molecule has 0 aliphatic rings. The minimum atomic E-state index is -2.22. The van der Waals surface area contributed by atoms with Gasteiger partial charge in [0.05, 0.1) is 40.5 Å². The highest BCUT2D eigenvalue weighted by molar-refractivity contribution is 5.85. The molecule has 0 saturated carbocycles. The maximum absolute atomic E-state index is 12.8. The Morgan fingerprint density at radius 2 is 0.900 bits per heavy atom. The third-order valence-electron chi connectivity index (χ3n) is 8.13. The monoisotopic (exact) mass is 688 g/mol. The molecular formula is C38H44N2O10. The molecule has 0 bridgehead atoms. The number of aliphatic hydroxyl groups is 2. The van der Waals surface area contributed by atoms with Gasteiger partial charge in [0, 0.05) is 0 Å². The van der Waals surface area contributed by atoms with E-state index in [0.717, 1.165) is 22.3 Å². The average molecular weight is 689 g/mol. The quantitative estimate of drug-likeness (QED) is 0.102. The lowest BCUT2D eigenvalue weighted by Gasteiger charge is -2.22. The van der Waals surface area contributed by atoms with Crippen molar-refractivity contribution >= 4 is 11.9 Å². The van der Waals surface area contributed by atoms with E-state index in [-0.39, 0.29) is 0 Å². The van der Waals surface area contributed by atoms with Crippen molar-refractivity contribution in [1.29, 1.82) is 0 Å². The second-order valence-electron chi connectivity index (χ2n) is 11.4. The molecule has 266 valence electrons. The van der Waals surface area contributed by atoms with Crippen LogP contribution in [0, 0.1) is 0 Å². The lowest BCUT2D eigenvalue weighted by atomic mass is 9.99. The normalized spacial score (nSPS) is 13.3. The molecule has 0 saturated heterocycles. The third-order valence-corrected chi connectivity index (χ3v) is 8.13. The number of aliphatic hydroxyl groups excluding tert-OH is 2. The van der Waals surface area contributed by atoms with E-state index in [4.69, 9.17) is 28.6 Å². The van der Waals surface area contributed by atoms with Crippen LogP contribution in [0.1, 0.15) is 47.2 Å².